The van der Waals surface area contributed by atoms with Crippen molar-refractivity contribution in [2.45, 2.75) is 13.0 Å². The van der Waals surface area contributed by atoms with E-state index in [9.17, 15) is 9.59 Å². The molecule has 0 bridgehead atoms. The Bertz CT molecular complexity index is 769. The van der Waals surface area contributed by atoms with Crippen LogP contribution in [0, 0.1) is 0 Å². The Morgan fingerprint density at radius 1 is 1.26 bits per heavy atom. The Morgan fingerprint density at radius 3 is 2.65 bits per heavy atom. The predicted molar refractivity (Wildman–Crippen MR) is 94.2 cm³/mol. The van der Waals surface area contributed by atoms with E-state index in [1.54, 1.807) is 6.92 Å². The SMILES string of the molecule is CC1=C(C(=O)Nc2ccc(Br)cc2)[C@@H](c2cccs2)NC(=O)N1. The van der Waals surface area contributed by atoms with Gasteiger partial charge in [-0.25, -0.2) is 4.79 Å². The molecule has 0 unspecified atom stereocenters. The van der Waals surface area contributed by atoms with Crippen molar-refractivity contribution >= 4 is 44.9 Å². The van der Waals surface area contributed by atoms with Gasteiger partial charge in [0.25, 0.3) is 5.91 Å². The van der Waals surface area contributed by atoms with Crippen LogP contribution in [-0.4, -0.2) is 11.9 Å². The summed E-state index contributed by atoms with van der Waals surface area (Å²) in [5.74, 6) is -0.240. The van der Waals surface area contributed by atoms with Crippen molar-refractivity contribution in [2.75, 3.05) is 5.32 Å². The van der Waals surface area contributed by atoms with E-state index in [1.807, 2.05) is 41.8 Å². The number of amides is 3. The number of hydrogen-bond donors (Lipinski definition) is 3. The van der Waals surface area contributed by atoms with Gasteiger partial charge in [0.2, 0.25) is 0 Å². The summed E-state index contributed by atoms with van der Waals surface area (Å²) in [5, 5.41) is 10.3. The highest BCUT2D eigenvalue weighted by molar-refractivity contribution is 9.10. The number of carbonyl (C=O) groups is 2. The number of thiophene rings is 1. The Balaban J connectivity index is 1.90. The molecule has 0 radical (unpaired) electrons. The second-order valence-electron chi connectivity index (χ2n) is 5.05. The topological polar surface area (TPSA) is 70.2 Å². The fraction of sp³-hybridized carbons (Fsp3) is 0.125. The Labute approximate surface area is 145 Å². The number of carbonyl (C=O) groups excluding carboxylic acids is 2. The highest BCUT2D eigenvalue weighted by Crippen LogP contribution is 2.30. The van der Waals surface area contributed by atoms with Gasteiger partial charge in [0.15, 0.2) is 0 Å². The van der Waals surface area contributed by atoms with Gasteiger partial charge in [0.1, 0.15) is 0 Å². The molecule has 1 aromatic carbocycles. The Hall–Kier alpha value is -2.12. The van der Waals surface area contributed by atoms with Gasteiger partial charge < -0.3 is 16.0 Å². The molecule has 0 saturated heterocycles. The van der Waals surface area contributed by atoms with E-state index in [0.717, 1.165) is 9.35 Å². The molecule has 1 atom stereocenters. The number of allylic oxidation sites excluding steroid dienone is 1. The molecule has 2 heterocycles. The van der Waals surface area contributed by atoms with Gasteiger partial charge in [0.05, 0.1) is 11.6 Å². The molecular formula is C16H14BrN3O2S. The van der Waals surface area contributed by atoms with Crippen molar-refractivity contribution in [3.63, 3.8) is 0 Å². The summed E-state index contributed by atoms with van der Waals surface area (Å²) in [5.41, 5.74) is 1.76. The van der Waals surface area contributed by atoms with E-state index in [4.69, 9.17) is 0 Å². The molecule has 2 aromatic rings. The van der Waals surface area contributed by atoms with Crippen molar-refractivity contribution in [1.82, 2.24) is 10.6 Å². The lowest BCUT2D eigenvalue weighted by Crippen LogP contribution is -2.45. The zero-order valence-electron chi connectivity index (χ0n) is 12.2. The van der Waals surface area contributed by atoms with Crippen LogP contribution in [0.5, 0.6) is 0 Å². The number of urea groups is 1. The highest BCUT2D eigenvalue weighted by Gasteiger charge is 2.31. The first-order valence-corrected chi connectivity index (χ1v) is 8.60. The number of rotatable bonds is 3. The second-order valence-corrected chi connectivity index (χ2v) is 6.94. The van der Waals surface area contributed by atoms with E-state index >= 15 is 0 Å². The summed E-state index contributed by atoms with van der Waals surface area (Å²) in [6.07, 6.45) is 0. The number of benzene rings is 1. The van der Waals surface area contributed by atoms with Crippen LogP contribution in [0.25, 0.3) is 0 Å². The van der Waals surface area contributed by atoms with Crippen LogP contribution in [0.15, 0.2) is 57.5 Å². The molecular weight excluding hydrogens is 378 g/mol. The number of anilines is 1. The van der Waals surface area contributed by atoms with E-state index in [2.05, 4.69) is 31.9 Å². The van der Waals surface area contributed by atoms with Gasteiger partial charge in [-0.15, -0.1) is 11.3 Å². The summed E-state index contributed by atoms with van der Waals surface area (Å²) < 4.78 is 0.939. The summed E-state index contributed by atoms with van der Waals surface area (Å²) in [6.45, 7) is 1.73. The van der Waals surface area contributed by atoms with E-state index in [0.29, 0.717) is 17.0 Å². The predicted octanol–water partition coefficient (Wildman–Crippen LogP) is 3.78. The second kappa shape index (κ2) is 6.55. The molecule has 7 heteroatoms. The highest BCUT2D eigenvalue weighted by atomic mass is 79.9. The van der Waals surface area contributed by atoms with Gasteiger partial charge in [-0.05, 0) is 42.6 Å². The smallest absolute Gasteiger partial charge is 0.319 e. The summed E-state index contributed by atoms with van der Waals surface area (Å²) in [6, 6.07) is 10.4. The third kappa shape index (κ3) is 3.46. The first-order chi connectivity index (χ1) is 11.0. The molecule has 1 aliphatic rings. The van der Waals surface area contributed by atoms with Crippen LogP contribution in [0.2, 0.25) is 0 Å². The van der Waals surface area contributed by atoms with Gasteiger partial charge in [-0.3, -0.25) is 4.79 Å². The average molecular weight is 392 g/mol. The molecule has 0 fully saturated rings. The van der Waals surface area contributed by atoms with Gasteiger partial charge in [-0.2, -0.15) is 0 Å². The standard InChI is InChI=1S/C16H14BrN3O2S/c1-9-13(15(21)19-11-6-4-10(17)5-7-11)14(20-16(22)18-9)12-3-2-8-23-12/h2-8,14H,1H3,(H,19,21)(H2,18,20,22)/t14-/m1/s1. The van der Waals surface area contributed by atoms with Crippen LogP contribution in [0.4, 0.5) is 10.5 Å². The minimum absolute atomic E-state index is 0.240. The van der Waals surface area contributed by atoms with Gasteiger partial charge in [0, 0.05) is 20.7 Å². The van der Waals surface area contributed by atoms with Gasteiger partial charge in [-0.1, -0.05) is 22.0 Å². The van der Waals surface area contributed by atoms with E-state index < -0.39 is 6.04 Å². The van der Waals surface area contributed by atoms with E-state index in [-0.39, 0.29) is 11.9 Å². The molecule has 118 valence electrons. The monoisotopic (exact) mass is 391 g/mol. The minimum Gasteiger partial charge on any atom is -0.326 e. The number of nitrogens with one attached hydrogen (secondary N) is 3. The lowest BCUT2D eigenvalue weighted by atomic mass is 10.0. The molecule has 3 rings (SSSR count). The first kappa shape index (κ1) is 15.8. The molecule has 3 amide bonds. The molecule has 1 aliphatic heterocycles. The molecule has 5 nitrogen and oxygen atoms in total. The van der Waals surface area contributed by atoms with Crippen molar-refractivity contribution in [1.29, 1.82) is 0 Å². The zero-order chi connectivity index (χ0) is 16.4. The fourth-order valence-corrected chi connectivity index (χ4v) is 3.44. The summed E-state index contributed by atoms with van der Waals surface area (Å²) in [4.78, 5) is 25.4. The maximum absolute atomic E-state index is 12.7. The quantitative estimate of drug-likeness (QED) is 0.744. The van der Waals surface area contributed by atoms with Crippen LogP contribution in [0.3, 0.4) is 0 Å². The van der Waals surface area contributed by atoms with Crippen LogP contribution in [0.1, 0.15) is 17.8 Å². The Kier molecular flexibility index (Phi) is 4.49. The summed E-state index contributed by atoms with van der Waals surface area (Å²) >= 11 is 4.86. The minimum atomic E-state index is -0.445. The maximum atomic E-state index is 12.7. The number of halogens is 1. The average Bonchev–Trinajstić information content (AvgIpc) is 3.03. The van der Waals surface area contributed by atoms with E-state index in [1.165, 1.54) is 11.3 Å². The molecule has 23 heavy (non-hydrogen) atoms. The largest absolute Gasteiger partial charge is 0.326 e. The molecule has 1 aromatic heterocycles. The lowest BCUT2D eigenvalue weighted by Gasteiger charge is -2.27. The maximum Gasteiger partial charge on any atom is 0.319 e. The first-order valence-electron chi connectivity index (χ1n) is 6.93. The van der Waals surface area contributed by atoms with Crippen molar-refractivity contribution in [3.05, 3.63) is 62.4 Å². The normalized spacial score (nSPS) is 17.5. The molecule has 3 N–H and O–H groups in total. The van der Waals surface area contributed by atoms with Crippen molar-refractivity contribution in [2.24, 2.45) is 0 Å². The van der Waals surface area contributed by atoms with Crippen molar-refractivity contribution in [3.8, 4) is 0 Å². The molecule has 0 aliphatic carbocycles. The van der Waals surface area contributed by atoms with Crippen LogP contribution < -0.4 is 16.0 Å². The van der Waals surface area contributed by atoms with Crippen molar-refractivity contribution < 1.29 is 9.59 Å². The molecule has 0 saturated carbocycles. The van der Waals surface area contributed by atoms with Crippen LogP contribution >= 0.6 is 27.3 Å². The van der Waals surface area contributed by atoms with Gasteiger partial charge >= 0.3 is 6.03 Å². The molecule has 0 spiro atoms. The third-order valence-corrected chi connectivity index (χ3v) is 4.91. The lowest BCUT2D eigenvalue weighted by molar-refractivity contribution is -0.113. The summed E-state index contributed by atoms with van der Waals surface area (Å²) in [7, 11) is 0. The number of hydrogen-bond acceptors (Lipinski definition) is 3. The Morgan fingerprint density at radius 2 is 2.00 bits per heavy atom. The zero-order valence-corrected chi connectivity index (χ0v) is 14.6. The van der Waals surface area contributed by atoms with Crippen LogP contribution in [-0.2, 0) is 4.79 Å². The third-order valence-electron chi connectivity index (χ3n) is 3.44. The fourth-order valence-electron chi connectivity index (χ4n) is 2.40.